The van der Waals surface area contributed by atoms with Crippen LogP contribution in [0.25, 0.3) is 16.6 Å². The molecule has 5 nitrogen and oxygen atoms in total. The molecule has 1 aliphatic heterocycles. The molecule has 6 heteroatoms. The zero-order chi connectivity index (χ0) is 16.5. The molecule has 0 radical (unpaired) electrons. The number of nitrogens with zero attached hydrogens (tertiary/aromatic N) is 2. The Bertz CT molecular complexity index is 934. The summed E-state index contributed by atoms with van der Waals surface area (Å²) in [6.07, 6.45) is 0. The van der Waals surface area contributed by atoms with Gasteiger partial charge in [-0.05, 0) is 24.3 Å². The van der Waals surface area contributed by atoms with Crippen molar-refractivity contribution < 1.29 is 4.74 Å². The van der Waals surface area contributed by atoms with Crippen LogP contribution in [0.4, 0.5) is 0 Å². The summed E-state index contributed by atoms with van der Waals surface area (Å²) in [4.78, 5) is 17.9. The van der Waals surface area contributed by atoms with E-state index in [4.69, 9.17) is 21.3 Å². The summed E-state index contributed by atoms with van der Waals surface area (Å²) < 4.78 is 7.18. The summed E-state index contributed by atoms with van der Waals surface area (Å²) in [6, 6.07) is 14.7. The normalized spacial score (nSPS) is 18.0. The highest BCUT2D eigenvalue weighted by Gasteiger charge is 2.23. The van der Waals surface area contributed by atoms with Crippen molar-refractivity contribution >= 4 is 22.5 Å². The Kier molecular flexibility index (Phi) is 4.06. The van der Waals surface area contributed by atoms with E-state index in [1.165, 1.54) is 0 Å². The fourth-order valence-electron chi connectivity index (χ4n) is 3.00. The van der Waals surface area contributed by atoms with Crippen LogP contribution in [0.3, 0.4) is 0 Å². The summed E-state index contributed by atoms with van der Waals surface area (Å²) in [7, 11) is 0. The molecule has 4 rings (SSSR count). The molecule has 0 amide bonds. The van der Waals surface area contributed by atoms with Gasteiger partial charge in [0.15, 0.2) is 0 Å². The third kappa shape index (κ3) is 2.60. The molecule has 0 aliphatic carbocycles. The molecule has 1 atom stereocenters. The van der Waals surface area contributed by atoms with Crippen molar-refractivity contribution in [2.45, 2.75) is 6.04 Å². The van der Waals surface area contributed by atoms with E-state index in [2.05, 4.69) is 5.32 Å². The van der Waals surface area contributed by atoms with Crippen molar-refractivity contribution in [1.29, 1.82) is 0 Å². The average molecular weight is 342 g/mol. The molecular formula is C18H16ClN3O2. The Balaban J connectivity index is 2.04. The lowest BCUT2D eigenvalue weighted by atomic mass is 10.2. The fraction of sp³-hybridized carbons (Fsp3) is 0.222. The molecule has 3 aromatic rings. The average Bonchev–Trinajstić information content (AvgIpc) is 2.63. The number of nitrogens with one attached hydrogen (secondary N) is 1. The van der Waals surface area contributed by atoms with Crippen LogP contribution < -0.4 is 10.9 Å². The van der Waals surface area contributed by atoms with Gasteiger partial charge in [-0.3, -0.25) is 9.36 Å². The molecule has 1 aromatic heterocycles. The first-order valence-corrected chi connectivity index (χ1v) is 8.21. The molecule has 0 unspecified atom stereocenters. The molecule has 2 heterocycles. The van der Waals surface area contributed by atoms with E-state index in [1.54, 1.807) is 16.7 Å². The number of hydrogen-bond acceptors (Lipinski definition) is 4. The minimum Gasteiger partial charge on any atom is -0.378 e. The molecule has 24 heavy (non-hydrogen) atoms. The number of rotatable bonds is 2. The van der Waals surface area contributed by atoms with E-state index in [9.17, 15) is 4.79 Å². The highest BCUT2D eigenvalue weighted by Crippen LogP contribution is 2.23. The molecule has 1 aliphatic rings. The van der Waals surface area contributed by atoms with Gasteiger partial charge in [-0.2, -0.15) is 0 Å². The summed E-state index contributed by atoms with van der Waals surface area (Å²) in [5, 5.41) is 4.22. The highest BCUT2D eigenvalue weighted by atomic mass is 35.5. The topological polar surface area (TPSA) is 56.1 Å². The number of aromatic nitrogens is 2. The van der Waals surface area contributed by atoms with Gasteiger partial charge in [-0.25, -0.2) is 4.98 Å². The second-order valence-corrected chi connectivity index (χ2v) is 6.07. The maximum atomic E-state index is 13.2. The Labute approximate surface area is 143 Å². The Morgan fingerprint density at radius 1 is 1.17 bits per heavy atom. The zero-order valence-electron chi connectivity index (χ0n) is 12.9. The number of halogens is 1. The third-order valence-electron chi connectivity index (χ3n) is 4.12. The number of morpholine rings is 1. The minimum absolute atomic E-state index is 0.143. The lowest BCUT2D eigenvalue weighted by molar-refractivity contribution is 0.0735. The first-order valence-electron chi connectivity index (χ1n) is 7.83. The van der Waals surface area contributed by atoms with Gasteiger partial charge in [0, 0.05) is 6.54 Å². The number of para-hydroxylation sites is 1. The van der Waals surface area contributed by atoms with Gasteiger partial charge in [0.05, 0.1) is 40.9 Å². The van der Waals surface area contributed by atoms with E-state index < -0.39 is 0 Å². The van der Waals surface area contributed by atoms with Crippen LogP contribution in [0.2, 0.25) is 5.02 Å². The molecule has 1 N–H and O–H groups in total. The maximum absolute atomic E-state index is 13.2. The Hall–Kier alpha value is -2.21. The van der Waals surface area contributed by atoms with Crippen LogP contribution in [-0.2, 0) is 4.74 Å². The third-order valence-corrected chi connectivity index (χ3v) is 4.44. The molecule has 0 spiro atoms. The van der Waals surface area contributed by atoms with Gasteiger partial charge in [0.1, 0.15) is 5.82 Å². The van der Waals surface area contributed by atoms with Crippen LogP contribution >= 0.6 is 11.6 Å². The summed E-state index contributed by atoms with van der Waals surface area (Å²) in [5.74, 6) is 0.640. The molecular weight excluding hydrogens is 326 g/mol. The van der Waals surface area contributed by atoms with Crippen molar-refractivity contribution in [3.05, 3.63) is 69.7 Å². The van der Waals surface area contributed by atoms with Gasteiger partial charge >= 0.3 is 0 Å². The van der Waals surface area contributed by atoms with Gasteiger partial charge in [0.2, 0.25) is 0 Å². The summed E-state index contributed by atoms with van der Waals surface area (Å²) in [5.41, 5.74) is 1.19. The lowest BCUT2D eigenvalue weighted by Crippen LogP contribution is -2.39. The van der Waals surface area contributed by atoms with Gasteiger partial charge in [-0.1, -0.05) is 35.9 Å². The fourth-order valence-corrected chi connectivity index (χ4v) is 3.25. The monoisotopic (exact) mass is 341 g/mol. The number of benzene rings is 2. The predicted octanol–water partition coefficient (Wildman–Crippen LogP) is 2.70. The lowest BCUT2D eigenvalue weighted by Gasteiger charge is -2.26. The molecule has 0 saturated carbocycles. The zero-order valence-corrected chi connectivity index (χ0v) is 13.7. The van der Waals surface area contributed by atoms with E-state index >= 15 is 0 Å². The molecule has 2 aromatic carbocycles. The molecule has 1 saturated heterocycles. The molecule has 122 valence electrons. The van der Waals surface area contributed by atoms with E-state index in [0.717, 1.165) is 12.2 Å². The van der Waals surface area contributed by atoms with Gasteiger partial charge in [0.25, 0.3) is 5.56 Å². The SMILES string of the molecule is O=c1c2c(Cl)cccc2nc([C@@H]2COCCN2)n1-c1ccccc1. The second kappa shape index (κ2) is 6.36. The van der Waals surface area contributed by atoms with Crippen LogP contribution in [0.1, 0.15) is 11.9 Å². The van der Waals surface area contributed by atoms with Crippen LogP contribution in [0, 0.1) is 0 Å². The second-order valence-electron chi connectivity index (χ2n) is 5.66. The molecule has 1 fully saturated rings. The van der Waals surface area contributed by atoms with Crippen molar-refractivity contribution in [2.75, 3.05) is 19.8 Å². The number of hydrogen-bond donors (Lipinski definition) is 1. The summed E-state index contributed by atoms with van der Waals surface area (Å²) in [6.45, 7) is 1.86. The largest absolute Gasteiger partial charge is 0.378 e. The summed E-state index contributed by atoms with van der Waals surface area (Å²) >= 11 is 6.27. The van der Waals surface area contributed by atoms with Crippen molar-refractivity contribution in [3.8, 4) is 5.69 Å². The van der Waals surface area contributed by atoms with Gasteiger partial charge < -0.3 is 10.1 Å². The van der Waals surface area contributed by atoms with Crippen molar-refractivity contribution in [2.24, 2.45) is 0 Å². The first kappa shape index (κ1) is 15.3. The minimum atomic E-state index is -0.167. The predicted molar refractivity (Wildman–Crippen MR) is 93.9 cm³/mol. The van der Waals surface area contributed by atoms with E-state index in [-0.39, 0.29) is 11.6 Å². The number of fused-ring (bicyclic) bond motifs is 1. The van der Waals surface area contributed by atoms with Crippen molar-refractivity contribution in [1.82, 2.24) is 14.9 Å². The Morgan fingerprint density at radius 2 is 2.00 bits per heavy atom. The standard InChI is InChI=1S/C18H16ClN3O2/c19-13-7-4-8-14-16(13)18(23)22(12-5-2-1-3-6-12)17(21-14)15-11-24-10-9-20-15/h1-8,15,20H,9-11H2/t15-/m0/s1. The quantitative estimate of drug-likeness (QED) is 0.778. The number of ether oxygens (including phenoxy) is 1. The van der Waals surface area contributed by atoms with E-state index in [0.29, 0.717) is 35.0 Å². The maximum Gasteiger partial charge on any atom is 0.267 e. The van der Waals surface area contributed by atoms with Gasteiger partial charge in [-0.15, -0.1) is 0 Å². The van der Waals surface area contributed by atoms with Crippen LogP contribution in [0.15, 0.2) is 53.3 Å². The van der Waals surface area contributed by atoms with Crippen LogP contribution in [-0.4, -0.2) is 29.3 Å². The van der Waals surface area contributed by atoms with E-state index in [1.807, 2.05) is 36.4 Å². The first-order chi connectivity index (χ1) is 11.8. The van der Waals surface area contributed by atoms with Crippen molar-refractivity contribution in [3.63, 3.8) is 0 Å². The molecule has 0 bridgehead atoms. The smallest absolute Gasteiger partial charge is 0.267 e. The highest BCUT2D eigenvalue weighted by molar-refractivity contribution is 6.35. The Morgan fingerprint density at radius 3 is 2.75 bits per heavy atom. The van der Waals surface area contributed by atoms with Crippen LogP contribution in [0.5, 0.6) is 0 Å².